The Morgan fingerprint density at radius 2 is 2.44 bits per heavy atom. The van der Waals surface area contributed by atoms with Gasteiger partial charge in [0.05, 0.1) is 6.61 Å². The smallest absolute Gasteiger partial charge is 0.321 e. The van der Waals surface area contributed by atoms with E-state index in [-0.39, 0.29) is 6.54 Å². The standard InChI is InChI=1S/C4H8ClNO3/c1-2-9-6(5)3-4(7)8/h2-3H2,1H3,(H,7,8). The molecule has 54 valence electrons. The normalized spacial score (nSPS) is 10.1. The first-order chi connectivity index (χ1) is 4.16. The maximum atomic E-state index is 9.88. The fourth-order valence-corrected chi connectivity index (χ4v) is 0.492. The summed E-state index contributed by atoms with van der Waals surface area (Å²) in [5.41, 5.74) is 0. The highest BCUT2D eigenvalue weighted by Crippen LogP contribution is 1.92. The molecule has 0 saturated carbocycles. The predicted molar refractivity (Wildman–Crippen MR) is 31.8 cm³/mol. The molecule has 0 aliphatic rings. The third-order valence-corrected chi connectivity index (χ3v) is 0.746. The van der Waals surface area contributed by atoms with Gasteiger partial charge >= 0.3 is 5.97 Å². The SMILES string of the molecule is CCON(Cl)CC(=O)O. The Labute approximate surface area is 58.0 Å². The van der Waals surface area contributed by atoms with Gasteiger partial charge in [-0.2, -0.15) is 0 Å². The van der Waals surface area contributed by atoms with Crippen LogP contribution in [0.2, 0.25) is 0 Å². The van der Waals surface area contributed by atoms with E-state index in [4.69, 9.17) is 16.9 Å². The van der Waals surface area contributed by atoms with Crippen LogP contribution in [-0.4, -0.2) is 28.8 Å². The lowest BCUT2D eigenvalue weighted by atomic mass is 10.7. The summed E-state index contributed by atoms with van der Waals surface area (Å²) in [6.07, 6.45) is 0. The summed E-state index contributed by atoms with van der Waals surface area (Å²) < 4.78 is 0.752. The van der Waals surface area contributed by atoms with Crippen molar-refractivity contribution in [1.29, 1.82) is 0 Å². The third kappa shape index (κ3) is 5.55. The first kappa shape index (κ1) is 8.68. The molecule has 0 rings (SSSR count). The summed E-state index contributed by atoms with van der Waals surface area (Å²) in [5.74, 6) is -1.02. The minimum absolute atomic E-state index is 0.310. The second-order valence-corrected chi connectivity index (χ2v) is 1.66. The molecule has 0 aromatic carbocycles. The van der Waals surface area contributed by atoms with Crippen molar-refractivity contribution < 1.29 is 14.7 Å². The van der Waals surface area contributed by atoms with Crippen LogP contribution in [0.5, 0.6) is 0 Å². The van der Waals surface area contributed by atoms with Gasteiger partial charge in [-0.1, -0.05) is 4.58 Å². The number of rotatable bonds is 4. The first-order valence-electron chi connectivity index (χ1n) is 2.44. The van der Waals surface area contributed by atoms with Crippen molar-refractivity contribution in [2.24, 2.45) is 0 Å². The number of carboxylic acid groups (broad SMARTS) is 1. The molecule has 0 fully saturated rings. The van der Waals surface area contributed by atoms with Crippen LogP contribution in [0.3, 0.4) is 0 Å². The molecule has 0 aliphatic heterocycles. The van der Waals surface area contributed by atoms with Crippen LogP contribution < -0.4 is 0 Å². The van der Waals surface area contributed by atoms with Crippen LogP contribution in [0.1, 0.15) is 6.92 Å². The van der Waals surface area contributed by atoms with E-state index >= 15 is 0 Å². The third-order valence-electron chi connectivity index (χ3n) is 0.529. The van der Waals surface area contributed by atoms with Crippen molar-refractivity contribution in [2.45, 2.75) is 6.92 Å². The molecule has 0 heterocycles. The molecule has 0 aromatic heterocycles. The van der Waals surface area contributed by atoms with Crippen molar-refractivity contribution >= 4 is 17.7 Å². The summed E-state index contributed by atoms with van der Waals surface area (Å²) in [6.45, 7) is 1.78. The fourth-order valence-electron chi connectivity index (χ4n) is 0.292. The lowest BCUT2D eigenvalue weighted by Gasteiger charge is -2.07. The van der Waals surface area contributed by atoms with E-state index in [1.54, 1.807) is 6.92 Å². The Balaban J connectivity index is 3.26. The molecule has 0 saturated heterocycles. The number of carboxylic acids is 1. The second-order valence-electron chi connectivity index (χ2n) is 1.29. The molecule has 1 N–H and O–H groups in total. The number of aliphatic carboxylic acids is 1. The van der Waals surface area contributed by atoms with Crippen LogP contribution in [-0.2, 0) is 9.63 Å². The minimum Gasteiger partial charge on any atom is -0.480 e. The van der Waals surface area contributed by atoms with E-state index in [1.165, 1.54) is 0 Å². The van der Waals surface area contributed by atoms with Crippen molar-refractivity contribution in [3.8, 4) is 0 Å². The largest absolute Gasteiger partial charge is 0.480 e. The number of nitrogens with zero attached hydrogens (tertiary/aromatic N) is 1. The Hall–Kier alpha value is -0.320. The van der Waals surface area contributed by atoms with Crippen molar-refractivity contribution in [2.75, 3.05) is 13.2 Å². The summed E-state index contributed by atoms with van der Waals surface area (Å²) in [4.78, 5) is 14.4. The van der Waals surface area contributed by atoms with Gasteiger partial charge in [-0.25, -0.2) is 0 Å². The Morgan fingerprint density at radius 1 is 1.89 bits per heavy atom. The highest BCUT2D eigenvalue weighted by Gasteiger charge is 2.04. The number of carbonyl (C=O) groups is 1. The fraction of sp³-hybridized carbons (Fsp3) is 0.750. The summed E-state index contributed by atoms with van der Waals surface area (Å²) in [6, 6.07) is 0. The van der Waals surface area contributed by atoms with Crippen LogP contribution >= 0.6 is 11.8 Å². The van der Waals surface area contributed by atoms with E-state index in [9.17, 15) is 4.79 Å². The average Bonchev–Trinajstić information content (AvgIpc) is 1.63. The molecular formula is C4H8ClNO3. The lowest BCUT2D eigenvalue weighted by molar-refractivity contribution is -0.148. The maximum absolute atomic E-state index is 9.88. The quantitative estimate of drug-likeness (QED) is 0.472. The number of hydroxylamine groups is 1. The van der Waals surface area contributed by atoms with Crippen LogP contribution in [0.25, 0.3) is 0 Å². The van der Waals surface area contributed by atoms with Gasteiger partial charge in [-0.3, -0.25) is 9.63 Å². The zero-order chi connectivity index (χ0) is 7.28. The monoisotopic (exact) mass is 153 g/mol. The Bertz CT molecular complexity index is 97.8. The molecule has 0 spiro atoms. The van der Waals surface area contributed by atoms with Gasteiger partial charge in [-0.15, -0.1) is 0 Å². The Kier molecular flexibility index (Phi) is 4.39. The van der Waals surface area contributed by atoms with Gasteiger partial charge in [0.25, 0.3) is 0 Å². The molecule has 0 bridgehead atoms. The number of hydrogen-bond donors (Lipinski definition) is 1. The van der Waals surface area contributed by atoms with E-state index in [0.29, 0.717) is 6.61 Å². The van der Waals surface area contributed by atoms with E-state index in [2.05, 4.69) is 4.84 Å². The molecule has 0 radical (unpaired) electrons. The molecule has 9 heavy (non-hydrogen) atoms. The molecule has 0 amide bonds. The van der Waals surface area contributed by atoms with Gasteiger partial charge in [0.15, 0.2) is 0 Å². The molecule has 5 heteroatoms. The van der Waals surface area contributed by atoms with E-state index in [1.807, 2.05) is 0 Å². The van der Waals surface area contributed by atoms with Gasteiger partial charge in [-0.05, 0) is 6.92 Å². The van der Waals surface area contributed by atoms with Crippen molar-refractivity contribution in [3.05, 3.63) is 0 Å². The first-order valence-corrected chi connectivity index (χ1v) is 2.78. The van der Waals surface area contributed by atoms with Crippen LogP contribution in [0, 0.1) is 0 Å². The zero-order valence-corrected chi connectivity index (χ0v) is 5.76. The minimum atomic E-state index is -1.02. The highest BCUT2D eigenvalue weighted by atomic mass is 35.5. The molecule has 4 nitrogen and oxygen atoms in total. The van der Waals surface area contributed by atoms with Gasteiger partial charge in [0, 0.05) is 11.8 Å². The second kappa shape index (κ2) is 4.55. The molecular weight excluding hydrogens is 146 g/mol. The van der Waals surface area contributed by atoms with Crippen molar-refractivity contribution in [1.82, 2.24) is 4.58 Å². The predicted octanol–water partition coefficient (Wildman–Crippen LogP) is 0.478. The van der Waals surface area contributed by atoms with Gasteiger partial charge in [0.1, 0.15) is 6.54 Å². The van der Waals surface area contributed by atoms with Crippen LogP contribution in [0.15, 0.2) is 0 Å². The molecule has 0 unspecified atom stereocenters. The summed E-state index contributed by atoms with van der Waals surface area (Å²) in [7, 11) is 0. The summed E-state index contributed by atoms with van der Waals surface area (Å²) >= 11 is 5.21. The summed E-state index contributed by atoms with van der Waals surface area (Å²) in [5, 5.41) is 8.10. The lowest BCUT2D eigenvalue weighted by Crippen LogP contribution is -2.20. The molecule has 0 atom stereocenters. The Morgan fingerprint density at radius 3 is 2.78 bits per heavy atom. The average molecular weight is 154 g/mol. The molecule has 0 aliphatic carbocycles. The zero-order valence-electron chi connectivity index (χ0n) is 5.00. The van der Waals surface area contributed by atoms with E-state index < -0.39 is 5.97 Å². The van der Waals surface area contributed by atoms with Crippen molar-refractivity contribution in [3.63, 3.8) is 0 Å². The van der Waals surface area contributed by atoms with Gasteiger partial charge in [0.2, 0.25) is 0 Å². The molecule has 0 aromatic rings. The number of hydrogen-bond acceptors (Lipinski definition) is 3. The maximum Gasteiger partial charge on any atom is 0.321 e. The van der Waals surface area contributed by atoms with Gasteiger partial charge < -0.3 is 5.11 Å². The highest BCUT2D eigenvalue weighted by molar-refractivity contribution is 6.13. The van der Waals surface area contributed by atoms with Crippen LogP contribution in [0.4, 0.5) is 0 Å². The van der Waals surface area contributed by atoms with E-state index in [0.717, 1.165) is 4.58 Å². The topological polar surface area (TPSA) is 49.8 Å². The number of halogens is 1.